The predicted molar refractivity (Wildman–Crippen MR) is 125 cm³/mol. The molecule has 0 unspecified atom stereocenters. The number of hydrogen-bond donors (Lipinski definition) is 0. The standard InChI is InChI=1S/C23H33N5O2.ClH/c1-4-21-24-22(30-25-21)18-6-8-20(9-7-18)28-13-10-19(16-28)23(29)27-12-5-11-26(14-15-27)17(2)3;/h6-9,17,19H,4-5,10-16H2,1-3H3;1H/t19-;/m0./s1. The molecule has 3 heterocycles. The molecule has 2 saturated heterocycles. The maximum absolute atomic E-state index is 13.1. The van der Waals surface area contributed by atoms with Gasteiger partial charge in [-0.3, -0.25) is 9.69 Å². The van der Waals surface area contributed by atoms with Gasteiger partial charge < -0.3 is 14.3 Å². The highest BCUT2D eigenvalue weighted by Crippen LogP contribution is 2.28. The van der Waals surface area contributed by atoms with E-state index in [1.54, 1.807) is 0 Å². The molecule has 1 amide bonds. The average molecular weight is 448 g/mol. The van der Waals surface area contributed by atoms with Crippen molar-refractivity contribution in [2.24, 2.45) is 5.92 Å². The Morgan fingerprint density at radius 1 is 1.13 bits per heavy atom. The topological polar surface area (TPSA) is 65.7 Å². The monoisotopic (exact) mass is 447 g/mol. The molecule has 8 heteroatoms. The van der Waals surface area contributed by atoms with Crippen LogP contribution in [0.25, 0.3) is 11.5 Å². The number of amides is 1. The number of carbonyl (C=O) groups excluding carboxylic acids is 1. The van der Waals surface area contributed by atoms with E-state index < -0.39 is 0 Å². The van der Waals surface area contributed by atoms with Gasteiger partial charge in [0.1, 0.15) is 0 Å². The number of aromatic nitrogens is 2. The van der Waals surface area contributed by atoms with Crippen molar-refractivity contribution in [2.75, 3.05) is 44.2 Å². The van der Waals surface area contributed by atoms with E-state index in [1.165, 1.54) is 0 Å². The smallest absolute Gasteiger partial charge is 0.257 e. The molecule has 1 atom stereocenters. The van der Waals surface area contributed by atoms with Gasteiger partial charge in [0.15, 0.2) is 5.82 Å². The molecule has 7 nitrogen and oxygen atoms in total. The molecule has 1 aromatic carbocycles. The van der Waals surface area contributed by atoms with Gasteiger partial charge in [0.05, 0.1) is 5.92 Å². The van der Waals surface area contributed by atoms with Crippen LogP contribution in [0.3, 0.4) is 0 Å². The SMILES string of the molecule is CCc1noc(-c2ccc(N3CC[C@H](C(=O)N4CCCN(C(C)C)CC4)C3)cc2)n1.Cl. The Bertz CT molecular complexity index is 854. The number of carbonyl (C=O) groups is 1. The molecule has 0 N–H and O–H groups in total. The Balaban J connectivity index is 0.00000272. The normalized spacial score (nSPS) is 20.1. The Hall–Kier alpha value is -2.12. The summed E-state index contributed by atoms with van der Waals surface area (Å²) >= 11 is 0. The second kappa shape index (κ2) is 10.5. The summed E-state index contributed by atoms with van der Waals surface area (Å²) in [5.41, 5.74) is 2.07. The molecule has 0 bridgehead atoms. The fourth-order valence-corrected chi connectivity index (χ4v) is 4.46. The molecule has 31 heavy (non-hydrogen) atoms. The van der Waals surface area contributed by atoms with E-state index >= 15 is 0 Å². The summed E-state index contributed by atoms with van der Waals surface area (Å²) in [6.45, 7) is 12.0. The summed E-state index contributed by atoms with van der Waals surface area (Å²) in [7, 11) is 0. The van der Waals surface area contributed by atoms with Gasteiger partial charge in [0.2, 0.25) is 5.91 Å². The molecule has 0 aliphatic carbocycles. The minimum Gasteiger partial charge on any atom is -0.371 e. The molecule has 170 valence electrons. The highest BCUT2D eigenvalue weighted by Gasteiger charge is 2.32. The first kappa shape index (κ1) is 23.5. The molecule has 2 aliphatic heterocycles. The third kappa shape index (κ3) is 5.39. The van der Waals surface area contributed by atoms with Gasteiger partial charge >= 0.3 is 0 Å². The zero-order valence-corrected chi connectivity index (χ0v) is 19.6. The first-order valence-electron chi connectivity index (χ1n) is 11.3. The Morgan fingerprint density at radius 3 is 2.58 bits per heavy atom. The van der Waals surface area contributed by atoms with E-state index in [4.69, 9.17) is 4.52 Å². The minimum absolute atomic E-state index is 0. The van der Waals surface area contributed by atoms with Gasteiger partial charge in [-0.15, -0.1) is 12.4 Å². The van der Waals surface area contributed by atoms with Crippen LogP contribution in [0.1, 0.15) is 39.4 Å². The van der Waals surface area contributed by atoms with E-state index in [2.05, 4.69) is 50.8 Å². The summed E-state index contributed by atoms with van der Waals surface area (Å²) in [6.07, 6.45) is 2.75. The van der Waals surface area contributed by atoms with Gasteiger partial charge in [-0.05, 0) is 51.0 Å². The molecular formula is C23H34ClN5O2. The van der Waals surface area contributed by atoms with Gasteiger partial charge in [-0.2, -0.15) is 4.98 Å². The van der Waals surface area contributed by atoms with Crippen molar-refractivity contribution in [3.8, 4) is 11.5 Å². The van der Waals surface area contributed by atoms with Crippen molar-refractivity contribution in [3.05, 3.63) is 30.1 Å². The van der Waals surface area contributed by atoms with E-state index in [-0.39, 0.29) is 18.3 Å². The first-order chi connectivity index (χ1) is 14.5. The van der Waals surface area contributed by atoms with Crippen LogP contribution in [0.2, 0.25) is 0 Å². The molecule has 4 rings (SSSR count). The fraction of sp³-hybridized carbons (Fsp3) is 0.609. The van der Waals surface area contributed by atoms with Gasteiger partial charge in [-0.1, -0.05) is 12.1 Å². The lowest BCUT2D eigenvalue weighted by Crippen LogP contribution is -2.40. The number of halogens is 1. The van der Waals surface area contributed by atoms with E-state index in [0.717, 1.165) is 75.6 Å². The highest BCUT2D eigenvalue weighted by molar-refractivity contribution is 5.85. The molecule has 0 radical (unpaired) electrons. The average Bonchev–Trinajstić information content (AvgIpc) is 3.38. The zero-order chi connectivity index (χ0) is 21.1. The Kier molecular flexibility index (Phi) is 7.94. The third-order valence-corrected chi connectivity index (χ3v) is 6.37. The van der Waals surface area contributed by atoms with Crippen molar-refractivity contribution in [3.63, 3.8) is 0 Å². The second-order valence-electron chi connectivity index (χ2n) is 8.66. The molecular weight excluding hydrogens is 414 g/mol. The van der Waals surface area contributed by atoms with Crippen molar-refractivity contribution in [1.82, 2.24) is 19.9 Å². The summed E-state index contributed by atoms with van der Waals surface area (Å²) < 4.78 is 5.33. The van der Waals surface area contributed by atoms with Crippen LogP contribution >= 0.6 is 12.4 Å². The van der Waals surface area contributed by atoms with Crippen molar-refractivity contribution >= 4 is 24.0 Å². The molecule has 2 fully saturated rings. The lowest BCUT2D eigenvalue weighted by Gasteiger charge is -2.26. The molecule has 0 saturated carbocycles. The summed E-state index contributed by atoms with van der Waals surface area (Å²) in [4.78, 5) is 24.4. The van der Waals surface area contributed by atoms with Crippen LogP contribution in [0.4, 0.5) is 5.69 Å². The van der Waals surface area contributed by atoms with E-state index in [9.17, 15) is 4.79 Å². The van der Waals surface area contributed by atoms with Crippen LogP contribution in [0.5, 0.6) is 0 Å². The number of benzene rings is 1. The molecule has 0 spiro atoms. The van der Waals surface area contributed by atoms with Gasteiger partial charge in [0, 0.05) is 63.0 Å². The number of rotatable bonds is 5. The summed E-state index contributed by atoms with van der Waals surface area (Å²) in [6, 6.07) is 8.76. The van der Waals surface area contributed by atoms with Gasteiger partial charge in [0.25, 0.3) is 5.89 Å². The molecule has 2 aliphatic rings. The first-order valence-corrected chi connectivity index (χ1v) is 11.3. The summed E-state index contributed by atoms with van der Waals surface area (Å²) in [5.74, 6) is 1.71. The minimum atomic E-state index is 0. The van der Waals surface area contributed by atoms with Gasteiger partial charge in [-0.25, -0.2) is 0 Å². The lowest BCUT2D eigenvalue weighted by molar-refractivity contribution is -0.134. The van der Waals surface area contributed by atoms with Crippen LogP contribution in [-0.4, -0.2) is 71.2 Å². The Morgan fingerprint density at radius 2 is 1.90 bits per heavy atom. The maximum Gasteiger partial charge on any atom is 0.257 e. The van der Waals surface area contributed by atoms with Crippen molar-refractivity contribution in [1.29, 1.82) is 0 Å². The van der Waals surface area contributed by atoms with Crippen LogP contribution in [-0.2, 0) is 11.2 Å². The highest BCUT2D eigenvalue weighted by atomic mass is 35.5. The molecule has 1 aromatic heterocycles. The zero-order valence-electron chi connectivity index (χ0n) is 18.8. The van der Waals surface area contributed by atoms with E-state index in [0.29, 0.717) is 17.8 Å². The predicted octanol–water partition coefficient (Wildman–Crippen LogP) is 3.49. The van der Waals surface area contributed by atoms with Crippen LogP contribution in [0, 0.1) is 5.92 Å². The number of anilines is 1. The van der Waals surface area contributed by atoms with Crippen molar-refractivity contribution in [2.45, 2.75) is 46.1 Å². The van der Waals surface area contributed by atoms with Crippen LogP contribution < -0.4 is 4.90 Å². The van der Waals surface area contributed by atoms with Crippen LogP contribution in [0.15, 0.2) is 28.8 Å². The Labute approximate surface area is 191 Å². The second-order valence-corrected chi connectivity index (χ2v) is 8.66. The lowest BCUT2D eigenvalue weighted by atomic mass is 10.1. The van der Waals surface area contributed by atoms with Crippen molar-refractivity contribution < 1.29 is 9.32 Å². The number of aryl methyl sites for hydroxylation is 1. The maximum atomic E-state index is 13.1. The number of nitrogens with zero attached hydrogens (tertiary/aromatic N) is 5. The third-order valence-electron chi connectivity index (χ3n) is 6.37. The molecule has 2 aromatic rings. The summed E-state index contributed by atoms with van der Waals surface area (Å²) in [5, 5.41) is 3.96. The number of hydrogen-bond acceptors (Lipinski definition) is 6. The fourth-order valence-electron chi connectivity index (χ4n) is 4.46. The van der Waals surface area contributed by atoms with E-state index in [1.807, 2.05) is 19.1 Å². The largest absolute Gasteiger partial charge is 0.371 e. The quantitative estimate of drug-likeness (QED) is 0.699.